The standard InChI is InChI=1S/C11H9NO3/c1-6-4-10(13)12-9-3-2-7(11(14)15)5-8(6)9/h2-5H,1H3,(H,12,13)(H,14,15). The van der Waals surface area contributed by atoms with Crippen LogP contribution in [0.25, 0.3) is 10.9 Å². The van der Waals surface area contributed by atoms with E-state index in [1.165, 1.54) is 12.1 Å². The zero-order valence-electron chi connectivity index (χ0n) is 8.07. The van der Waals surface area contributed by atoms with Gasteiger partial charge < -0.3 is 10.1 Å². The number of nitrogens with one attached hydrogen (secondary N) is 1. The molecule has 2 aromatic rings. The number of aromatic amines is 1. The molecule has 1 aromatic carbocycles. The Morgan fingerprint density at radius 2 is 2.07 bits per heavy atom. The van der Waals surface area contributed by atoms with Crippen molar-refractivity contribution in [3.8, 4) is 0 Å². The number of aromatic nitrogens is 1. The van der Waals surface area contributed by atoms with Crippen molar-refractivity contribution < 1.29 is 9.90 Å². The summed E-state index contributed by atoms with van der Waals surface area (Å²) in [5.41, 5.74) is 1.47. The van der Waals surface area contributed by atoms with Crippen LogP contribution in [0.3, 0.4) is 0 Å². The van der Waals surface area contributed by atoms with E-state index >= 15 is 0 Å². The van der Waals surface area contributed by atoms with Crippen LogP contribution < -0.4 is 5.56 Å². The number of rotatable bonds is 1. The van der Waals surface area contributed by atoms with Crippen LogP contribution in [0.5, 0.6) is 0 Å². The topological polar surface area (TPSA) is 70.2 Å². The molecule has 0 fully saturated rings. The van der Waals surface area contributed by atoms with Crippen molar-refractivity contribution in [2.75, 3.05) is 0 Å². The Morgan fingerprint density at radius 3 is 2.73 bits per heavy atom. The molecule has 1 heterocycles. The first-order valence-corrected chi connectivity index (χ1v) is 4.45. The van der Waals surface area contributed by atoms with Gasteiger partial charge in [0, 0.05) is 17.0 Å². The molecule has 4 heteroatoms. The first-order valence-electron chi connectivity index (χ1n) is 4.45. The fourth-order valence-electron chi connectivity index (χ4n) is 1.56. The fourth-order valence-corrected chi connectivity index (χ4v) is 1.56. The molecular formula is C11H9NO3. The third-order valence-corrected chi connectivity index (χ3v) is 2.30. The van der Waals surface area contributed by atoms with Crippen molar-refractivity contribution in [1.82, 2.24) is 4.98 Å². The molecule has 0 bridgehead atoms. The molecule has 0 saturated heterocycles. The number of hydrogen-bond donors (Lipinski definition) is 2. The monoisotopic (exact) mass is 203 g/mol. The second kappa shape index (κ2) is 3.24. The van der Waals surface area contributed by atoms with Crippen LogP contribution in [0.15, 0.2) is 29.1 Å². The lowest BCUT2D eigenvalue weighted by molar-refractivity contribution is 0.0697. The summed E-state index contributed by atoms with van der Waals surface area (Å²) in [5, 5.41) is 9.58. The van der Waals surface area contributed by atoms with Gasteiger partial charge in [0.25, 0.3) is 0 Å². The van der Waals surface area contributed by atoms with E-state index in [0.717, 1.165) is 10.9 Å². The van der Waals surface area contributed by atoms with Crippen molar-refractivity contribution in [1.29, 1.82) is 0 Å². The lowest BCUT2D eigenvalue weighted by Crippen LogP contribution is -2.05. The highest BCUT2D eigenvalue weighted by Crippen LogP contribution is 2.16. The van der Waals surface area contributed by atoms with E-state index < -0.39 is 5.97 Å². The zero-order valence-corrected chi connectivity index (χ0v) is 8.07. The molecule has 2 N–H and O–H groups in total. The smallest absolute Gasteiger partial charge is 0.335 e. The number of benzene rings is 1. The average Bonchev–Trinajstić information content (AvgIpc) is 2.16. The normalized spacial score (nSPS) is 10.5. The summed E-state index contributed by atoms with van der Waals surface area (Å²) >= 11 is 0. The Morgan fingerprint density at radius 1 is 1.33 bits per heavy atom. The van der Waals surface area contributed by atoms with E-state index in [-0.39, 0.29) is 11.1 Å². The summed E-state index contributed by atoms with van der Waals surface area (Å²) in [6, 6.07) is 6.09. The highest BCUT2D eigenvalue weighted by molar-refractivity contribution is 5.94. The van der Waals surface area contributed by atoms with Gasteiger partial charge in [0.1, 0.15) is 0 Å². The fraction of sp³-hybridized carbons (Fsp3) is 0.0909. The molecule has 1 aromatic heterocycles. The van der Waals surface area contributed by atoms with Gasteiger partial charge >= 0.3 is 5.97 Å². The maximum Gasteiger partial charge on any atom is 0.335 e. The van der Waals surface area contributed by atoms with Crippen molar-refractivity contribution in [3.63, 3.8) is 0 Å². The molecular weight excluding hydrogens is 194 g/mol. The maximum absolute atomic E-state index is 11.2. The van der Waals surface area contributed by atoms with Gasteiger partial charge in [-0.2, -0.15) is 0 Å². The molecule has 76 valence electrons. The van der Waals surface area contributed by atoms with Crippen LogP contribution in [0.1, 0.15) is 15.9 Å². The van der Waals surface area contributed by atoms with Crippen LogP contribution in [0, 0.1) is 6.92 Å². The van der Waals surface area contributed by atoms with Gasteiger partial charge in [0.2, 0.25) is 5.56 Å². The highest BCUT2D eigenvalue weighted by atomic mass is 16.4. The molecule has 0 saturated carbocycles. The van der Waals surface area contributed by atoms with Gasteiger partial charge in [-0.05, 0) is 30.7 Å². The third kappa shape index (κ3) is 1.61. The zero-order chi connectivity index (χ0) is 11.0. The first-order chi connectivity index (χ1) is 7.08. The van der Waals surface area contributed by atoms with Gasteiger partial charge in [-0.3, -0.25) is 4.79 Å². The number of pyridine rings is 1. The van der Waals surface area contributed by atoms with Crippen molar-refractivity contribution >= 4 is 16.9 Å². The van der Waals surface area contributed by atoms with E-state index in [2.05, 4.69) is 4.98 Å². The number of hydrogen-bond acceptors (Lipinski definition) is 2. The van der Waals surface area contributed by atoms with Crippen LogP contribution in [0.2, 0.25) is 0 Å². The van der Waals surface area contributed by atoms with Crippen LogP contribution >= 0.6 is 0 Å². The molecule has 0 aliphatic heterocycles. The second-order valence-electron chi connectivity index (χ2n) is 3.38. The molecule has 4 nitrogen and oxygen atoms in total. The molecule has 0 aliphatic rings. The number of aromatic carboxylic acids is 1. The third-order valence-electron chi connectivity index (χ3n) is 2.30. The molecule has 0 atom stereocenters. The predicted molar refractivity (Wildman–Crippen MR) is 56.3 cm³/mol. The number of fused-ring (bicyclic) bond motifs is 1. The Kier molecular flexibility index (Phi) is 2.04. The predicted octanol–water partition coefficient (Wildman–Crippen LogP) is 1.53. The van der Waals surface area contributed by atoms with Crippen molar-refractivity contribution in [3.05, 3.63) is 45.7 Å². The van der Waals surface area contributed by atoms with E-state index in [0.29, 0.717) is 5.52 Å². The number of H-pyrrole nitrogens is 1. The van der Waals surface area contributed by atoms with Gasteiger partial charge in [-0.25, -0.2) is 4.79 Å². The molecule has 0 spiro atoms. The first kappa shape index (κ1) is 9.45. The van der Waals surface area contributed by atoms with Gasteiger partial charge in [-0.15, -0.1) is 0 Å². The molecule has 0 radical (unpaired) electrons. The number of carbonyl (C=O) groups is 1. The summed E-state index contributed by atoms with van der Waals surface area (Å²) in [5.74, 6) is -0.970. The van der Waals surface area contributed by atoms with Crippen LogP contribution in [-0.4, -0.2) is 16.1 Å². The van der Waals surface area contributed by atoms with Gasteiger partial charge in [-0.1, -0.05) is 0 Å². The summed E-state index contributed by atoms with van der Waals surface area (Å²) in [4.78, 5) is 24.6. The summed E-state index contributed by atoms with van der Waals surface area (Å²) < 4.78 is 0. The Hall–Kier alpha value is -2.10. The molecule has 0 amide bonds. The summed E-state index contributed by atoms with van der Waals surface area (Å²) in [6.07, 6.45) is 0. The minimum Gasteiger partial charge on any atom is -0.478 e. The average molecular weight is 203 g/mol. The molecule has 2 rings (SSSR count). The van der Waals surface area contributed by atoms with E-state index in [9.17, 15) is 9.59 Å². The largest absolute Gasteiger partial charge is 0.478 e. The quantitative estimate of drug-likeness (QED) is 0.738. The van der Waals surface area contributed by atoms with Crippen molar-refractivity contribution in [2.24, 2.45) is 0 Å². The molecule has 15 heavy (non-hydrogen) atoms. The lowest BCUT2D eigenvalue weighted by Gasteiger charge is -2.02. The van der Waals surface area contributed by atoms with Crippen LogP contribution in [0.4, 0.5) is 0 Å². The van der Waals surface area contributed by atoms with Crippen LogP contribution in [-0.2, 0) is 0 Å². The SMILES string of the molecule is Cc1cc(=O)[nH]c2ccc(C(=O)O)cc12. The van der Waals surface area contributed by atoms with E-state index in [4.69, 9.17) is 5.11 Å². The molecule has 0 aliphatic carbocycles. The number of aryl methyl sites for hydroxylation is 1. The lowest BCUT2D eigenvalue weighted by atomic mass is 10.1. The summed E-state index contributed by atoms with van der Waals surface area (Å²) in [6.45, 7) is 1.78. The van der Waals surface area contributed by atoms with Crippen molar-refractivity contribution in [2.45, 2.75) is 6.92 Å². The number of carboxylic acid groups (broad SMARTS) is 1. The highest BCUT2D eigenvalue weighted by Gasteiger charge is 2.05. The molecule has 0 unspecified atom stereocenters. The van der Waals surface area contributed by atoms with E-state index in [1.54, 1.807) is 19.1 Å². The maximum atomic E-state index is 11.2. The summed E-state index contributed by atoms with van der Waals surface area (Å²) in [7, 11) is 0. The minimum absolute atomic E-state index is 0.178. The second-order valence-corrected chi connectivity index (χ2v) is 3.38. The Bertz CT molecular complexity index is 598. The Labute approximate surface area is 85.2 Å². The minimum atomic E-state index is -0.970. The number of carboxylic acids is 1. The Balaban J connectivity index is 2.82. The van der Waals surface area contributed by atoms with Gasteiger partial charge in [0.15, 0.2) is 0 Å². The van der Waals surface area contributed by atoms with Gasteiger partial charge in [0.05, 0.1) is 5.56 Å². The van der Waals surface area contributed by atoms with E-state index in [1.807, 2.05) is 0 Å².